The van der Waals surface area contributed by atoms with Crippen molar-refractivity contribution >= 4 is 18.3 Å². The van der Waals surface area contributed by atoms with Crippen molar-refractivity contribution in [2.75, 3.05) is 20.1 Å². The Morgan fingerprint density at radius 2 is 1.92 bits per heavy atom. The van der Waals surface area contributed by atoms with E-state index in [0.29, 0.717) is 12.5 Å². The largest absolute Gasteiger partial charge is 0.339 e. The van der Waals surface area contributed by atoms with Gasteiger partial charge in [-0.05, 0) is 49.0 Å². The number of rotatable bonds is 5. The molecular weight excluding hydrogens is 348 g/mol. The summed E-state index contributed by atoms with van der Waals surface area (Å²) in [6.07, 6.45) is 5.20. The van der Waals surface area contributed by atoms with Crippen LogP contribution in [0.15, 0.2) is 42.7 Å². The zero-order valence-corrected chi connectivity index (χ0v) is 16.6. The molecule has 0 unspecified atom stereocenters. The highest BCUT2D eigenvalue weighted by Gasteiger charge is 2.43. The lowest BCUT2D eigenvalue weighted by molar-refractivity contribution is -0.142. The second-order valence-electron chi connectivity index (χ2n) is 7.29. The van der Waals surface area contributed by atoms with Crippen LogP contribution in [-0.2, 0) is 16.9 Å². The molecule has 6 heteroatoms. The topological polar surface area (TPSA) is 50.2 Å². The van der Waals surface area contributed by atoms with Crippen LogP contribution in [-0.4, -0.2) is 40.7 Å². The molecule has 1 saturated heterocycles. The molecule has 0 saturated carbocycles. The zero-order chi connectivity index (χ0) is 17.9. The maximum atomic E-state index is 13.3. The van der Waals surface area contributed by atoms with Crippen molar-refractivity contribution < 1.29 is 4.79 Å². The number of carbonyl (C=O) groups excluding carboxylic acids is 1. The van der Waals surface area contributed by atoms with Gasteiger partial charge in [0, 0.05) is 26.0 Å². The van der Waals surface area contributed by atoms with Gasteiger partial charge in [0.15, 0.2) is 0 Å². The number of piperidine rings is 1. The first-order valence-corrected chi connectivity index (χ1v) is 9.08. The number of hydrogen-bond donors (Lipinski definition) is 1. The highest BCUT2D eigenvalue weighted by molar-refractivity contribution is 5.85. The number of nitrogens with zero attached hydrogens (tertiary/aromatic N) is 3. The molecule has 2 heterocycles. The fourth-order valence-electron chi connectivity index (χ4n) is 3.61. The summed E-state index contributed by atoms with van der Waals surface area (Å²) in [7, 11) is 1.89. The van der Waals surface area contributed by atoms with Gasteiger partial charge in [0.2, 0.25) is 0 Å². The summed E-state index contributed by atoms with van der Waals surface area (Å²) < 4.78 is 1.86. The normalized spacial score (nSPS) is 16.2. The highest BCUT2D eigenvalue weighted by Crippen LogP contribution is 2.29. The minimum Gasteiger partial charge on any atom is -0.339 e. The number of amides is 1. The van der Waals surface area contributed by atoms with E-state index in [0.717, 1.165) is 31.5 Å². The standard InChI is InChI=1S/C20H28N4O.ClH/c1-16(2)18-7-5-17(6-8-18)15-23(3)19(25)20(9-12-21-13-10-20)24-14-4-11-22-24;/h4-8,11,14,16,21H,9-10,12-13,15H2,1-3H3;1H. The number of halogens is 1. The van der Waals surface area contributed by atoms with E-state index in [4.69, 9.17) is 0 Å². The predicted octanol–water partition coefficient (Wildman–Crippen LogP) is 3.17. The average molecular weight is 377 g/mol. The van der Waals surface area contributed by atoms with Gasteiger partial charge in [-0.3, -0.25) is 9.48 Å². The molecule has 1 aromatic carbocycles. The number of aromatic nitrogens is 2. The van der Waals surface area contributed by atoms with E-state index in [1.54, 1.807) is 6.20 Å². The van der Waals surface area contributed by atoms with Crippen molar-refractivity contribution in [1.29, 1.82) is 0 Å². The van der Waals surface area contributed by atoms with Gasteiger partial charge >= 0.3 is 0 Å². The van der Waals surface area contributed by atoms with Crippen molar-refractivity contribution in [3.05, 3.63) is 53.9 Å². The molecule has 1 amide bonds. The van der Waals surface area contributed by atoms with Crippen molar-refractivity contribution in [2.45, 2.75) is 44.7 Å². The van der Waals surface area contributed by atoms with Gasteiger partial charge in [0.1, 0.15) is 5.54 Å². The highest BCUT2D eigenvalue weighted by atomic mass is 35.5. The number of carbonyl (C=O) groups is 1. The molecule has 142 valence electrons. The molecule has 1 aromatic heterocycles. The summed E-state index contributed by atoms with van der Waals surface area (Å²) in [6.45, 7) is 6.67. The third-order valence-electron chi connectivity index (χ3n) is 5.18. The average Bonchev–Trinajstić information content (AvgIpc) is 3.17. The summed E-state index contributed by atoms with van der Waals surface area (Å²) in [5.74, 6) is 0.664. The quantitative estimate of drug-likeness (QED) is 0.872. The molecule has 3 rings (SSSR count). The Morgan fingerprint density at radius 1 is 1.27 bits per heavy atom. The van der Waals surface area contributed by atoms with Crippen LogP contribution in [0.1, 0.15) is 43.7 Å². The van der Waals surface area contributed by atoms with Crippen LogP contribution in [0, 0.1) is 0 Å². The van der Waals surface area contributed by atoms with Gasteiger partial charge in [-0.1, -0.05) is 38.1 Å². The fraction of sp³-hybridized carbons (Fsp3) is 0.500. The molecule has 1 N–H and O–H groups in total. The van der Waals surface area contributed by atoms with Crippen molar-refractivity contribution in [1.82, 2.24) is 20.0 Å². The smallest absolute Gasteiger partial charge is 0.250 e. The molecule has 0 aliphatic carbocycles. The van der Waals surface area contributed by atoms with E-state index >= 15 is 0 Å². The molecule has 0 spiro atoms. The Labute approximate surface area is 162 Å². The third kappa shape index (κ3) is 4.10. The van der Waals surface area contributed by atoms with Gasteiger partial charge in [0.25, 0.3) is 5.91 Å². The lowest BCUT2D eigenvalue weighted by Gasteiger charge is -2.39. The first-order valence-electron chi connectivity index (χ1n) is 9.08. The van der Waals surface area contributed by atoms with Crippen LogP contribution in [0.4, 0.5) is 0 Å². The third-order valence-corrected chi connectivity index (χ3v) is 5.18. The first-order chi connectivity index (χ1) is 12.0. The molecule has 0 atom stereocenters. The molecular formula is C20H29ClN4O. The van der Waals surface area contributed by atoms with Crippen LogP contribution < -0.4 is 5.32 Å². The lowest BCUT2D eigenvalue weighted by atomic mass is 9.86. The van der Waals surface area contributed by atoms with Gasteiger partial charge < -0.3 is 10.2 Å². The molecule has 26 heavy (non-hydrogen) atoms. The van der Waals surface area contributed by atoms with Gasteiger partial charge in [-0.2, -0.15) is 5.10 Å². The Balaban J connectivity index is 0.00000243. The van der Waals surface area contributed by atoms with Gasteiger partial charge in [0.05, 0.1) is 0 Å². The monoisotopic (exact) mass is 376 g/mol. The van der Waals surface area contributed by atoms with Crippen molar-refractivity contribution in [3.8, 4) is 0 Å². The van der Waals surface area contributed by atoms with Crippen LogP contribution in [0.25, 0.3) is 0 Å². The number of benzene rings is 1. The minimum atomic E-state index is -0.568. The van der Waals surface area contributed by atoms with Gasteiger partial charge in [-0.25, -0.2) is 0 Å². The molecule has 1 aliphatic heterocycles. The van der Waals surface area contributed by atoms with Crippen LogP contribution in [0.2, 0.25) is 0 Å². The maximum absolute atomic E-state index is 13.3. The van der Waals surface area contributed by atoms with E-state index in [2.05, 4.69) is 48.5 Å². The zero-order valence-electron chi connectivity index (χ0n) is 15.8. The number of nitrogens with one attached hydrogen (secondary N) is 1. The Morgan fingerprint density at radius 3 is 2.46 bits per heavy atom. The first kappa shape index (κ1) is 20.5. The predicted molar refractivity (Wildman–Crippen MR) is 107 cm³/mol. The summed E-state index contributed by atoms with van der Waals surface area (Å²) in [5.41, 5.74) is 1.91. The van der Waals surface area contributed by atoms with Crippen LogP contribution in [0.5, 0.6) is 0 Å². The summed E-state index contributed by atoms with van der Waals surface area (Å²) >= 11 is 0. The molecule has 0 radical (unpaired) electrons. The molecule has 5 nitrogen and oxygen atoms in total. The van der Waals surface area contributed by atoms with E-state index < -0.39 is 5.54 Å². The van der Waals surface area contributed by atoms with E-state index in [1.807, 2.05) is 28.9 Å². The SMILES string of the molecule is CC(C)c1ccc(CN(C)C(=O)C2(n3cccn3)CCNCC2)cc1.Cl. The minimum absolute atomic E-state index is 0. The number of hydrogen-bond acceptors (Lipinski definition) is 3. The second-order valence-corrected chi connectivity index (χ2v) is 7.29. The van der Waals surface area contributed by atoms with Crippen molar-refractivity contribution in [2.24, 2.45) is 0 Å². The fourth-order valence-corrected chi connectivity index (χ4v) is 3.61. The molecule has 1 aliphatic rings. The van der Waals surface area contributed by atoms with Gasteiger partial charge in [-0.15, -0.1) is 12.4 Å². The summed E-state index contributed by atoms with van der Waals surface area (Å²) in [5, 5.41) is 7.74. The molecule has 2 aromatic rings. The summed E-state index contributed by atoms with van der Waals surface area (Å²) in [6, 6.07) is 10.5. The van der Waals surface area contributed by atoms with Crippen LogP contribution >= 0.6 is 12.4 Å². The van der Waals surface area contributed by atoms with E-state index in [1.165, 1.54) is 5.56 Å². The Kier molecular flexibility index (Phi) is 6.84. The van der Waals surface area contributed by atoms with Crippen LogP contribution in [0.3, 0.4) is 0 Å². The Bertz CT molecular complexity index is 691. The maximum Gasteiger partial charge on any atom is 0.250 e. The Hall–Kier alpha value is -1.85. The van der Waals surface area contributed by atoms with Crippen molar-refractivity contribution in [3.63, 3.8) is 0 Å². The lowest BCUT2D eigenvalue weighted by Crippen LogP contribution is -2.54. The molecule has 0 bridgehead atoms. The summed E-state index contributed by atoms with van der Waals surface area (Å²) in [4.78, 5) is 15.2. The van der Waals surface area contributed by atoms with E-state index in [-0.39, 0.29) is 18.3 Å². The number of likely N-dealkylation sites (N-methyl/N-ethyl adjacent to an activating group) is 1. The second kappa shape index (κ2) is 8.69. The molecule has 1 fully saturated rings. The van der Waals surface area contributed by atoms with E-state index in [9.17, 15) is 4.79 Å².